The Morgan fingerprint density at radius 1 is 0.260 bits per heavy atom. The van der Waals surface area contributed by atoms with Crippen molar-refractivity contribution < 1.29 is 28.6 Å². The number of hydrogen-bond donors (Lipinski definition) is 0. The van der Waals surface area contributed by atoms with E-state index in [4.69, 9.17) is 14.2 Å². The summed E-state index contributed by atoms with van der Waals surface area (Å²) in [4.78, 5) is 38.1. The van der Waals surface area contributed by atoms with Gasteiger partial charge in [-0.05, 0) is 64.2 Å². The Kier molecular flexibility index (Phi) is 60.6. The number of carbonyl (C=O) groups excluding carboxylic acids is 3. The van der Waals surface area contributed by atoms with Gasteiger partial charge in [0.1, 0.15) is 13.2 Å². The highest BCUT2D eigenvalue weighted by Gasteiger charge is 2.19. The fourth-order valence-corrected chi connectivity index (χ4v) is 9.97. The largest absolute Gasteiger partial charge is 0.462 e. The fraction of sp³-hybridized carbons (Fsp3) is 0.896. The minimum atomic E-state index is -0.769. The lowest BCUT2D eigenvalue weighted by Crippen LogP contribution is -2.30. The van der Waals surface area contributed by atoms with Crippen LogP contribution in [0.25, 0.3) is 0 Å². The zero-order valence-corrected chi connectivity index (χ0v) is 49.4. The molecule has 0 aliphatic heterocycles. The SMILES string of the molecule is CCC/C=C\CCCCCCCC(=O)OCC(COC(=O)CCCCCCCCCCCCCCCCCCCCC/C=C\CCCCCCCCCC)OC(=O)CCCCCCCCCCCCCCCC. The average molecular weight is 1030 g/mol. The maximum atomic E-state index is 12.8. The van der Waals surface area contributed by atoms with Crippen LogP contribution >= 0.6 is 0 Å². The molecule has 0 aromatic carbocycles. The van der Waals surface area contributed by atoms with E-state index < -0.39 is 6.10 Å². The highest BCUT2D eigenvalue weighted by molar-refractivity contribution is 5.71. The lowest BCUT2D eigenvalue weighted by Gasteiger charge is -2.18. The first kappa shape index (κ1) is 70.9. The summed E-state index contributed by atoms with van der Waals surface area (Å²) in [5.41, 5.74) is 0. The molecule has 0 saturated carbocycles. The Labute approximate surface area is 455 Å². The van der Waals surface area contributed by atoms with Crippen LogP contribution in [-0.4, -0.2) is 37.2 Å². The molecule has 0 bridgehead atoms. The van der Waals surface area contributed by atoms with Gasteiger partial charge in [-0.2, -0.15) is 0 Å². The number of ether oxygens (including phenoxy) is 3. The maximum absolute atomic E-state index is 12.8. The van der Waals surface area contributed by atoms with Crippen molar-refractivity contribution in [3.63, 3.8) is 0 Å². The molecule has 73 heavy (non-hydrogen) atoms. The molecule has 1 unspecified atom stereocenters. The van der Waals surface area contributed by atoms with Gasteiger partial charge >= 0.3 is 17.9 Å². The van der Waals surface area contributed by atoms with Gasteiger partial charge in [-0.25, -0.2) is 0 Å². The molecule has 0 aromatic heterocycles. The maximum Gasteiger partial charge on any atom is 0.306 e. The van der Waals surface area contributed by atoms with Gasteiger partial charge < -0.3 is 14.2 Å². The first-order valence-corrected chi connectivity index (χ1v) is 32.8. The van der Waals surface area contributed by atoms with E-state index in [0.717, 1.165) is 70.6 Å². The number of carbonyl (C=O) groups is 3. The predicted molar refractivity (Wildman–Crippen MR) is 316 cm³/mol. The summed E-state index contributed by atoms with van der Waals surface area (Å²) in [7, 11) is 0. The highest BCUT2D eigenvalue weighted by Crippen LogP contribution is 2.18. The molecule has 0 saturated heterocycles. The summed E-state index contributed by atoms with van der Waals surface area (Å²) in [6.07, 6.45) is 75.1. The topological polar surface area (TPSA) is 78.9 Å². The summed E-state index contributed by atoms with van der Waals surface area (Å²) < 4.78 is 16.9. The molecule has 0 aliphatic carbocycles. The Balaban J connectivity index is 4.03. The van der Waals surface area contributed by atoms with Gasteiger partial charge in [-0.15, -0.1) is 0 Å². The monoisotopic (exact) mass is 1030 g/mol. The van der Waals surface area contributed by atoms with Crippen molar-refractivity contribution in [2.24, 2.45) is 0 Å². The zero-order chi connectivity index (χ0) is 52.9. The van der Waals surface area contributed by atoms with E-state index in [9.17, 15) is 14.4 Å². The zero-order valence-electron chi connectivity index (χ0n) is 49.4. The van der Waals surface area contributed by atoms with Crippen LogP contribution in [0.15, 0.2) is 24.3 Å². The number of allylic oxidation sites excluding steroid dienone is 4. The van der Waals surface area contributed by atoms with E-state index >= 15 is 0 Å². The van der Waals surface area contributed by atoms with Crippen LogP contribution in [0.5, 0.6) is 0 Å². The lowest BCUT2D eigenvalue weighted by molar-refractivity contribution is -0.167. The molecule has 0 heterocycles. The van der Waals surface area contributed by atoms with E-state index in [0.29, 0.717) is 19.3 Å². The molecule has 0 aromatic rings. The Bertz CT molecular complexity index is 1180. The summed E-state index contributed by atoms with van der Waals surface area (Å²) in [6.45, 7) is 6.63. The van der Waals surface area contributed by atoms with Crippen molar-refractivity contribution in [2.75, 3.05) is 13.2 Å². The van der Waals surface area contributed by atoms with E-state index in [1.807, 2.05) is 0 Å². The van der Waals surface area contributed by atoms with E-state index in [2.05, 4.69) is 45.1 Å². The smallest absolute Gasteiger partial charge is 0.306 e. The van der Waals surface area contributed by atoms with Crippen LogP contribution < -0.4 is 0 Å². The van der Waals surface area contributed by atoms with Gasteiger partial charge in [0, 0.05) is 19.3 Å². The second-order valence-corrected chi connectivity index (χ2v) is 22.4. The van der Waals surface area contributed by atoms with Crippen molar-refractivity contribution in [2.45, 2.75) is 374 Å². The molecular formula is C67H126O6. The third kappa shape index (κ3) is 60.6. The molecule has 0 radical (unpaired) electrons. The molecule has 1 atom stereocenters. The van der Waals surface area contributed by atoms with Crippen LogP contribution in [0.2, 0.25) is 0 Å². The van der Waals surface area contributed by atoms with Gasteiger partial charge in [0.15, 0.2) is 6.10 Å². The standard InChI is InChI=1S/C67H126O6/c1-4-7-10-13-16-19-22-24-26-27-28-29-30-31-32-33-34-35-36-37-38-39-40-41-42-44-45-48-51-54-57-60-66(69)72-63-64(62-71-65(68)59-56-53-50-47-21-18-15-12-9-6-3)73-67(70)61-58-55-52-49-46-43-25-23-20-17-14-11-8-5-2/h12,15,27-28,64H,4-11,13-14,16-26,29-63H2,1-3H3/b15-12-,28-27-. The molecule has 0 amide bonds. The fourth-order valence-electron chi connectivity index (χ4n) is 9.97. The van der Waals surface area contributed by atoms with Crippen LogP contribution in [0.1, 0.15) is 367 Å². The molecule has 0 rings (SSSR count). The number of esters is 3. The molecule has 0 fully saturated rings. The second kappa shape index (κ2) is 62.4. The minimum Gasteiger partial charge on any atom is -0.462 e. The summed E-state index contributed by atoms with van der Waals surface area (Å²) in [6, 6.07) is 0. The van der Waals surface area contributed by atoms with E-state index in [1.54, 1.807) is 0 Å². The molecule has 0 spiro atoms. The Hall–Kier alpha value is -2.11. The third-order valence-corrected chi connectivity index (χ3v) is 14.9. The van der Waals surface area contributed by atoms with E-state index in [1.165, 1.54) is 257 Å². The van der Waals surface area contributed by atoms with Gasteiger partial charge in [-0.1, -0.05) is 308 Å². The summed E-state index contributed by atoms with van der Waals surface area (Å²) in [5.74, 6) is -0.856. The first-order valence-electron chi connectivity index (χ1n) is 32.8. The quantitative estimate of drug-likeness (QED) is 0.0261. The molecule has 0 aliphatic rings. The predicted octanol–water partition coefficient (Wildman–Crippen LogP) is 22.2. The van der Waals surface area contributed by atoms with Crippen molar-refractivity contribution in [3.8, 4) is 0 Å². The van der Waals surface area contributed by atoms with Crippen LogP contribution in [0, 0.1) is 0 Å². The lowest BCUT2D eigenvalue weighted by atomic mass is 10.0. The molecule has 6 nitrogen and oxygen atoms in total. The van der Waals surface area contributed by atoms with Gasteiger partial charge in [-0.3, -0.25) is 14.4 Å². The van der Waals surface area contributed by atoms with Crippen LogP contribution in [-0.2, 0) is 28.6 Å². The Morgan fingerprint density at radius 3 is 0.740 bits per heavy atom. The highest BCUT2D eigenvalue weighted by atomic mass is 16.6. The third-order valence-electron chi connectivity index (χ3n) is 14.9. The molecule has 430 valence electrons. The van der Waals surface area contributed by atoms with Gasteiger partial charge in [0.25, 0.3) is 0 Å². The van der Waals surface area contributed by atoms with Crippen LogP contribution in [0.4, 0.5) is 0 Å². The second-order valence-electron chi connectivity index (χ2n) is 22.4. The number of hydrogen-bond acceptors (Lipinski definition) is 6. The number of unbranched alkanes of at least 4 members (excludes halogenated alkanes) is 46. The van der Waals surface area contributed by atoms with Crippen molar-refractivity contribution in [1.82, 2.24) is 0 Å². The van der Waals surface area contributed by atoms with Gasteiger partial charge in [0.2, 0.25) is 0 Å². The van der Waals surface area contributed by atoms with Crippen molar-refractivity contribution in [3.05, 3.63) is 24.3 Å². The van der Waals surface area contributed by atoms with Crippen molar-refractivity contribution in [1.29, 1.82) is 0 Å². The van der Waals surface area contributed by atoms with Crippen molar-refractivity contribution >= 4 is 17.9 Å². The molecule has 6 heteroatoms. The molecular weight excluding hydrogens is 901 g/mol. The minimum absolute atomic E-state index is 0.0681. The number of rotatable bonds is 61. The first-order chi connectivity index (χ1) is 36.0. The average Bonchev–Trinajstić information content (AvgIpc) is 3.39. The normalized spacial score (nSPS) is 12.1. The van der Waals surface area contributed by atoms with E-state index in [-0.39, 0.29) is 31.1 Å². The summed E-state index contributed by atoms with van der Waals surface area (Å²) >= 11 is 0. The van der Waals surface area contributed by atoms with Gasteiger partial charge in [0.05, 0.1) is 0 Å². The Morgan fingerprint density at radius 2 is 0.479 bits per heavy atom. The molecule has 0 N–H and O–H groups in total. The summed E-state index contributed by atoms with van der Waals surface area (Å²) in [5, 5.41) is 0. The van der Waals surface area contributed by atoms with Crippen LogP contribution in [0.3, 0.4) is 0 Å².